The van der Waals surface area contributed by atoms with Gasteiger partial charge >= 0.3 is 5.97 Å². The van der Waals surface area contributed by atoms with Gasteiger partial charge in [0.1, 0.15) is 0 Å². The van der Waals surface area contributed by atoms with E-state index in [-0.39, 0.29) is 5.01 Å². The maximum atomic E-state index is 10.7. The third-order valence-corrected chi connectivity index (χ3v) is 3.16. The number of carboxylic acids is 1. The van der Waals surface area contributed by atoms with E-state index in [0.29, 0.717) is 25.4 Å². The van der Waals surface area contributed by atoms with E-state index in [4.69, 9.17) is 10.4 Å². The first-order valence-corrected chi connectivity index (χ1v) is 6.68. The van der Waals surface area contributed by atoms with E-state index in [1.54, 1.807) is 5.38 Å². The predicted molar refractivity (Wildman–Crippen MR) is 69.4 cm³/mol. The van der Waals surface area contributed by atoms with Crippen molar-refractivity contribution in [3.05, 3.63) is 16.1 Å². The summed E-state index contributed by atoms with van der Waals surface area (Å²) in [4.78, 5) is 16.9. The van der Waals surface area contributed by atoms with Crippen molar-refractivity contribution in [2.75, 3.05) is 13.1 Å². The summed E-state index contributed by atoms with van der Waals surface area (Å²) in [5, 5.41) is 19.3. The highest BCUT2D eigenvalue weighted by Gasteiger charge is 2.13. The second-order valence-electron chi connectivity index (χ2n) is 4.49. The Balaban J connectivity index is 2.63. The van der Waals surface area contributed by atoms with Crippen LogP contribution < -0.4 is 0 Å². The van der Waals surface area contributed by atoms with Crippen LogP contribution in [0.3, 0.4) is 0 Å². The van der Waals surface area contributed by atoms with Gasteiger partial charge in [-0.3, -0.25) is 4.90 Å². The molecule has 0 amide bonds. The van der Waals surface area contributed by atoms with Gasteiger partial charge in [0.2, 0.25) is 5.01 Å². The lowest BCUT2D eigenvalue weighted by molar-refractivity contribution is 0.0696. The monoisotopic (exact) mass is 267 g/mol. The quantitative estimate of drug-likeness (QED) is 0.819. The molecule has 0 radical (unpaired) electrons. The maximum Gasteiger partial charge on any atom is 0.365 e. The van der Waals surface area contributed by atoms with Crippen LogP contribution in [0.15, 0.2) is 5.38 Å². The zero-order valence-corrected chi connectivity index (χ0v) is 11.4. The lowest BCUT2D eigenvalue weighted by atomic mass is 10.2. The van der Waals surface area contributed by atoms with Crippen molar-refractivity contribution in [3.8, 4) is 6.07 Å². The molecule has 0 saturated carbocycles. The van der Waals surface area contributed by atoms with E-state index in [2.05, 4.69) is 29.8 Å². The lowest BCUT2D eigenvalue weighted by Gasteiger charge is -2.22. The number of thiazole rings is 1. The van der Waals surface area contributed by atoms with Gasteiger partial charge in [-0.1, -0.05) is 13.8 Å². The maximum absolute atomic E-state index is 10.7. The molecule has 0 atom stereocenters. The second-order valence-corrected chi connectivity index (χ2v) is 5.34. The van der Waals surface area contributed by atoms with Crippen molar-refractivity contribution >= 4 is 17.3 Å². The molecule has 0 aliphatic rings. The molecule has 0 unspecified atom stereocenters. The molecular weight excluding hydrogens is 250 g/mol. The van der Waals surface area contributed by atoms with E-state index >= 15 is 0 Å². The van der Waals surface area contributed by atoms with E-state index in [1.165, 1.54) is 0 Å². The Morgan fingerprint density at radius 1 is 1.67 bits per heavy atom. The van der Waals surface area contributed by atoms with Crippen molar-refractivity contribution < 1.29 is 9.90 Å². The Morgan fingerprint density at radius 3 is 2.89 bits per heavy atom. The Labute approximate surface area is 111 Å². The molecule has 1 rings (SSSR count). The summed E-state index contributed by atoms with van der Waals surface area (Å²) in [5.41, 5.74) is 0.760. The normalized spacial score (nSPS) is 10.8. The Bertz CT molecular complexity index is 437. The number of nitrogens with zero attached hydrogens (tertiary/aromatic N) is 3. The van der Waals surface area contributed by atoms with Gasteiger partial charge < -0.3 is 5.11 Å². The van der Waals surface area contributed by atoms with Gasteiger partial charge in [0.25, 0.3) is 0 Å². The third kappa shape index (κ3) is 4.82. The molecule has 0 bridgehead atoms. The van der Waals surface area contributed by atoms with Crippen LogP contribution in [0.4, 0.5) is 0 Å². The molecule has 18 heavy (non-hydrogen) atoms. The predicted octanol–water partition coefficient (Wildman–Crippen LogP) is 2.21. The van der Waals surface area contributed by atoms with Crippen molar-refractivity contribution in [2.45, 2.75) is 26.8 Å². The standard InChI is InChI=1S/C12H17N3O2S/c1-9(2)6-15(5-3-4-13)7-10-8-18-11(14-10)12(16)17/h8-9H,3,5-7H2,1-2H3,(H,16,17). The third-order valence-electron chi connectivity index (χ3n) is 2.28. The number of hydrogen-bond donors (Lipinski definition) is 1. The van der Waals surface area contributed by atoms with Crippen LogP contribution in [0.25, 0.3) is 0 Å². The first-order valence-electron chi connectivity index (χ1n) is 5.80. The zero-order valence-electron chi connectivity index (χ0n) is 10.6. The fourth-order valence-electron chi connectivity index (χ4n) is 1.67. The zero-order chi connectivity index (χ0) is 13.5. The largest absolute Gasteiger partial charge is 0.476 e. The fourth-order valence-corrected chi connectivity index (χ4v) is 2.31. The molecule has 0 aromatic carbocycles. The molecular formula is C12H17N3O2S. The molecule has 1 aromatic rings. The molecule has 1 aromatic heterocycles. The SMILES string of the molecule is CC(C)CN(CCC#N)Cc1csc(C(=O)O)n1. The first-order chi connectivity index (χ1) is 8.52. The minimum atomic E-state index is -0.987. The van der Waals surface area contributed by atoms with Crippen LogP contribution >= 0.6 is 11.3 Å². The highest BCUT2D eigenvalue weighted by atomic mass is 32.1. The van der Waals surface area contributed by atoms with Crippen LogP contribution in [0.5, 0.6) is 0 Å². The summed E-state index contributed by atoms with van der Waals surface area (Å²) in [6.07, 6.45) is 0.475. The molecule has 1 heterocycles. The summed E-state index contributed by atoms with van der Waals surface area (Å²) < 4.78 is 0. The lowest BCUT2D eigenvalue weighted by Crippen LogP contribution is -2.28. The summed E-state index contributed by atoms with van der Waals surface area (Å²) in [6.45, 7) is 6.39. The van der Waals surface area contributed by atoms with Gasteiger partial charge in [-0.25, -0.2) is 9.78 Å². The fraction of sp³-hybridized carbons (Fsp3) is 0.583. The minimum absolute atomic E-state index is 0.120. The number of nitriles is 1. The first kappa shape index (κ1) is 14.6. The highest BCUT2D eigenvalue weighted by molar-refractivity contribution is 7.11. The number of rotatable bonds is 7. The topological polar surface area (TPSA) is 77.2 Å². The van der Waals surface area contributed by atoms with Gasteiger partial charge in [0.05, 0.1) is 11.8 Å². The minimum Gasteiger partial charge on any atom is -0.476 e. The Kier molecular flexibility index (Phi) is 5.75. The second kappa shape index (κ2) is 7.09. The van der Waals surface area contributed by atoms with Crippen LogP contribution in [0, 0.1) is 17.2 Å². The molecule has 0 fully saturated rings. The van der Waals surface area contributed by atoms with Gasteiger partial charge in [-0.15, -0.1) is 11.3 Å². The van der Waals surface area contributed by atoms with E-state index in [0.717, 1.165) is 23.6 Å². The average molecular weight is 267 g/mol. The summed E-state index contributed by atoms with van der Waals surface area (Å²) in [6, 6.07) is 2.13. The van der Waals surface area contributed by atoms with E-state index < -0.39 is 5.97 Å². The summed E-state index contributed by atoms with van der Waals surface area (Å²) >= 11 is 1.14. The molecule has 98 valence electrons. The number of hydrogen-bond acceptors (Lipinski definition) is 5. The van der Waals surface area contributed by atoms with Gasteiger partial charge in [-0.05, 0) is 5.92 Å². The summed E-state index contributed by atoms with van der Waals surface area (Å²) in [5.74, 6) is -0.486. The number of aromatic nitrogens is 1. The molecule has 6 heteroatoms. The number of carboxylic acid groups (broad SMARTS) is 1. The van der Waals surface area contributed by atoms with Crippen molar-refractivity contribution in [1.29, 1.82) is 5.26 Å². The molecule has 0 aliphatic heterocycles. The molecule has 1 N–H and O–H groups in total. The Morgan fingerprint density at radius 2 is 2.39 bits per heavy atom. The van der Waals surface area contributed by atoms with Crippen molar-refractivity contribution in [3.63, 3.8) is 0 Å². The molecule has 0 spiro atoms. The van der Waals surface area contributed by atoms with Crippen molar-refractivity contribution in [2.24, 2.45) is 5.92 Å². The van der Waals surface area contributed by atoms with Crippen LogP contribution in [0.1, 0.15) is 35.8 Å². The van der Waals surface area contributed by atoms with Gasteiger partial charge in [-0.2, -0.15) is 5.26 Å². The number of aromatic carboxylic acids is 1. The Hall–Kier alpha value is -1.45. The highest BCUT2D eigenvalue weighted by Crippen LogP contribution is 2.13. The van der Waals surface area contributed by atoms with E-state index in [1.807, 2.05) is 0 Å². The smallest absolute Gasteiger partial charge is 0.365 e. The number of carbonyl (C=O) groups is 1. The van der Waals surface area contributed by atoms with Crippen molar-refractivity contribution in [1.82, 2.24) is 9.88 Å². The molecule has 0 saturated heterocycles. The van der Waals surface area contributed by atoms with Crippen LogP contribution in [-0.2, 0) is 6.54 Å². The van der Waals surface area contributed by atoms with Crippen LogP contribution in [-0.4, -0.2) is 34.0 Å². The molecule has 5 nitrogen and oxygen atoms in total. The average Bonchev–Trinajstić information content (AvgIpc) is 2.73. The van der Waals surface area contributed by atoms with E-state index in [9.17, 15) is 4.79 Å². The molecule has 0 aliphatic carbocycles. The van der Waals surface area contributed by atoms with Gasteiger partial charge in [0.15, 0.2) is 0 Å². The summed E-state index contributed by atoms with van der Waals surface area (Å²) in [7, 11) is 0. The van der Waals surface area contributed by atoms with Gasteiger partial charge in [0, 0.05) is 31.4 Å². The van der Waals surface area contributed by atoms with Crippen LogP contribution in [0.2, 0.25) is 0 Å².